The Labute approximate surface area is 205 Å². The molecule has 180 valence electrons. The van der Waals surface area contributed by atoms with Crippen LogP contribution < -0.4 is 13.8 Å². The number of sulfonamides is 1. The number of thiazole rings is 1. The van der Waals surface area contributed by atoms with Gasteiger partial charge in [-0.05, 0) is 36.6 Å². The molecule has 1 aliphatic rings. The van der Waals surface area contributed by atoms with E-state index in [-0.39, 0.29) is 23.1 Å². The average molecular weight is 526 g/mol. The molecule has 8 nitrogen and oxygen atoms in total. The molecule has 0 radical (unpaired) electrons. The molecule has 1 fully saturated rings. The van der Waals surface area contributed by atoms with Crippen molar-refractivity contribution in [3.8, 4) is 11.5 Å². The van der Waals surface area contributed by atoms with Gasteiger partial charge in [0.25, 0.3) is 10.0 Å². The molecule has 0 spiro atoms. The first kappa shape index (κ1) is 24.2. The molecule has 2 aromatic carbocycles. The zero-order valence-corrected chi connectivity index (χ0v) is 20.5. The fourth-order valence-corrected chi connectivity index (χ4v) is 5.83. The maximum absolute atomic E-state index is 15.1. The summed E-state index contributed by atoms with van der Waals surface area (Å²) in [4.78, 5) is 17.2. The molecule has 3 aromatic rings. The molecule has 0 saturated carbocycles. The SMILES string of the molecule is COc1ccc(CN(c2cscn2)S(=O)(=O)c2cc(Cl)c(OC(=O)N3CCCC3)cc2F)cc1. The van der Waals surface area contributed by atoms with Gasteiger partial charge < -0.3 is 14.4 Å². The normalized spacial score (nSPS) is 13.7. The summed E-state index contributed by atoms with van der Waals surface area (Å²) in [5.74, 6) is -0.585. The number of methoxy groups -OCH3 is 1. The van der Waals surface area contributed by atoms with Crippen molar-refractivity contribution in [2.75, 3.05) is 24.5 Å². The van der Waals surface area contributed by atoms with E-state index in [2.05, 4.69) is 4.98 Å². The molecular formula is C22H21ClFN3O5S2. The number of likely N-dealkylation sites (tertiary alicyclic amines) is 1. The lowest BCUT2D eigenvalue weighted by molar-refractivity contribution is 0.162. The summed E-state index contributed by atoms with van der Waals surface area (Å²) in [6.45, 7) is 0.984. The summed E-state index contributed by atoms with van der Waals surface area (Å²) in [6.07, 6.45) is 1.06. The highest BCUT2D eigenvalue weighted by Crippen LogP contribution is 2.34. The molecule has 1 amide bonds. The monoisotopic (exact) mass is 525 g/mol. The number of benzene rings is 2. The Morgan fingerprint density at radius 3 is 2.56 bits per heavy atom. The predicted octanol–water partition coefficient (Wildman–Crippen LogP) is 4.93. The lowest BCUT2D eigenvalue weighted by Gasteiger charge is -2.23. The van der Waals surface area contributed by atoms with Crippen LogP contribution in [0, 0.1) is 5.82 Å². The minimum Gasteiger partial charge on any atom is -0.497 e. The molecule has 0 atom stereocenters. The number of nitrogens with zero attached hydrogens (tertiary/aromatic N) is 3. The first-order valence-corrected chi connectivity index (χ1v) is 13.1. The summed E-state index contributed by atoms with van der Waals surface area (Å²) in [5.41, 5.74) is 2.12. The quantitative estimate of drug-likeness (QED) is 0.434. The second-order valence-corrected chi connectivity index (χ2v) is 10.4. The zero-order chi connectivity index (χ0) is 24.3. The number of carbonyl (C=O) groups is 1. The van der Waals surface area contributed by atoms with Crippen LogP contribution >= 0.6 is 22.9 Å². The van der Waals surface area contributed by atoms with Crippen molar-refractivity contribution in [1.82, 2.24) is 9.88 Å². The molecule has 0 aliphatic carbocycles. The summed E-state index contributed by atoms with van der Waals surface area (Å²) < 4.78 is 53.5. The molecule has 0 N–H and O–H groups in total. The Kier molecular flexibility index (Phi) is 7.24. The fourth-order valence-electron chi connectivity index (χ4n) is 3.48. The van der Waals surface area contributed by atoms with Crippen molar-refractivity contribution in [3.63, 3.8) is 0 Å². The van der Waals surface area contributed by atoms with Crippen molar-refractivity contribution in [2.45, 2.75) is 24.3 Å². The van der Waals surface area contributed by atoms with Crippen LogP contribution in [0.5, 0.6) is 11.5 Å². The van der Waals surface area contributed by atoms with Gasteiger partial charge >= 0.3 is 6.09 Å². The van der Waals surface area contributed by atoms with Gasteiger partial charge in [0.05, 0.1) is 24.2 Å². The molecule has 1 aromatic heterocycles. The van der Waals surface area contributed by atoms with E-state index in [0.29, 0.717) is 24.4 Å². The van der Waals surface area contributed by atoms with E-state index in [9.17, 15) is 13.2 Å². The number of rotatable bonds is 7. The summed E-state index contributed by atoms with van der Waals surface area (Å²) in [7, 11) is -2.89. The Hall–Kier alpha value is -2.89. The van der Waals surface area contributed by atoms with Crippen molar-refractivity contribution in [3.05, 3.63) is 63.7 Å². The average Bonchev–Trinajstić information content (AvgIpc) is 3.54. The third kappa shape index (κ3) is 5.11. The molecule has 12 heteroatoms. The largest absolute Gasteiger partial charge is 0.497 e. The third-order valence-corrected chi connectivity index (χ3v) is 7.91. The highest BCUT2D eigenvalue weighted by molar-refractivity contribution is 7.92. The lowest BCUT2D eigenvalue weighted by atomic mass is 10.2. The molecular weight excluding hydrogens is 505 g/mol. The highest BCUT2D eigenvalue weighted by Gasteiger charge is 2.31. The molecule has 2 heterocycles. The van der Waals surface area contributed by atoms with Crippen molar-refractivity contribution in [1.29, 1.82) is 0 Å². The summed E-state index contributed by atoms with van der Waals surface area (Å²) in [6, 6.07) is 8.57. The molecule has 1 aliphatic heterocycles. The topological polar surface area (TPSA) is 89.0 Å². The number of hydrogen-bond acceptors (Lipinski definition) is 7. The zero-order valence-electron chi connectivity index (χ0n) is 18.1. The molecule has 0 bridgehead atoms. The van der Waals surface area contributed by atoms with Crippen molar-refractivity contribution in [2.24, 2.45) is 0 Å². The molecule has 1 saturated heterocycles. The van der Waals surface area contributed by atoms with E-state index in [1.807, 2.05) is 0 Å². The van der Waals surface area contributed by atoms with Crippen LogP contribution in [-0.2, 0) is 16.6 Å². The summed E-state index contributed by atoms with van der Waals surface area (Å²) >= 11 is 7.41. The van der Waals surface area contributed by atoms with Gasteiger partial charge in [-0.3, -0.25) is 0 Å². The van der Waals surface area contributed by atoms with Gasteiger partial charge in [0.15, 0.2) is 11.6 Å². The van der Waals surface area contributed by atoms with Gasteiger partial charge in [0.2, 0.25) is 0 Å². The van der Waals surface area contributed by atoms with Crippen LogP contribution in [-0.4, -0.2) is 44.6 Å². The molecule has 34 heavy (non-hydrogen) atoms. The minimum absolute atomic E-state index is 0.0984. The van der Waals surface area contributed by atoms with E-state index < -0.39 is 26.8 Å². The van der Waals surface area contributed by atoms with Crippen molar-refractivity contribution >= 4 is 44.9 Å². The number of amides is 1. The maximum atomic E-state index is 15.1. The minimum atomic E-state index is -4.42. The Morgan fingerprint density at radius 2 is 1.94 bits per heavy atom. The van der Waals surface area contributed by atoms with Gasteiger partial charge in [-0.1, -0.05) is 23.7 Å². The van der Waals surface area contributed by atoms with Gasteiger partial charge in [-0.25, -0.2) is 26.9 Å². The standard InChI is InChI=1S/C22H21ClFN3O5S2/c1-31-16-6-4-15(5-7-16)12-27(21-13-33-14-25-21)34(29,30)20-10-17(23)19(11-18(20)24)32-22(28)26-8-2-3-9-26/h4-7,10-11,13-14H,2-3,8-9,12H2,1H3. The van der Waals surface area contributed by atoms with E-state index in [1.54, 1.807) is 29.6 Å². The Bertz CT molecular complexity index is 1260. The van der Waals surface area contributed by atoms with Gasteiger partial charge in [-0.2, -0.15) is 0 Å². The van der Waals surface area contributed by atoms with Gasteiger partial charge in [0.1, 0.15) is 16.5 Å². The van der Waals surface area contributed by atoms with Crippen LogP contribution in [0.4, 0.5) is 15.0 Å². The highest BCUT2D eigenvalue weighted by atomic mass is 35.5. The van der Waals surface area contributed by atoms with E-state index in [4.69, 9.17) is 21.1 Å². The molecule has 0 unspecified atom stereocenters. The number of carbonyl (C=O) groups excluding carboxylic acids is 1. The summed E-state index contributed by atoms with van der Waals surface area (Å²) in [5, 5.41) is 1.35. The number of halogens is 2. The second kappa shape index (κ2) is 10.2. The first-order chi connectivity index (χ1) is 16.3. The Morgan fingerprint density at radius 1 is 1.24 bits per heavy atom. The van der Waals surface area contributed by atoms with Crippen LogP contribution in [0.3, 0.4) is 0 Å². The van der Waals surface area contributed by atoms with Crippen LogP contribution in [0.15, 0.2) is 52.2 Å². The fraction of sp³-hybridized carbons (Fsp3) is 0.273. The molecule has 4 rings (SSSR count). The van der Waals surface area contributed by atoms with Crippen LogP contribution in [0.2, 0.25) is 5.02 Å². The third-order valence-electron chi connectivity index (χ3n) is 5.28. The predicted molar refractivity (Wildman–Crippen MR) is 127 cm³/mol. The smallest absolute Gasteiger partial charge is 0.415 e. The maximum Gasteiger partial charge on any atom is 0.415 e. The van der Waals surface area contributed by atoms with E-state index in [0.717, 1.165) is 29.3 Å². The van der Waals surface area contributed by atoms with Crippen molar-refractivity contribution < 1.29 is 27.1 Å². The van der Waals surface area contributed by atoms with Crippen LogP contribution in [0.1, 0.15) is 18.4 Å². The number of anilines is 1. The lowest BCUT2D eigenvalue weighted by Crippen LogP contribution is -2.32. The van der Waals surface area contributed by atoms with Gasteiger partial charge in [0, 0.05) is 24.5 Å². The number of aromatic nitrogens is 1. The van der Waals surface area contributed by atoms with Gasteiger partial charge in [-0.15, -0.1) is 11.3 Å². The van der Waals surface area contributed by atoms with Crippen LogP contribution in [0.25, 0.3) is 0 Å². The van der Waals surface area contributed by atoms with E-state index in [1.165, 1.54) is 28.9 Å². The number of ether oxygens (including phenoxy) is 2. The number of hydrogen-bond donors (Lipinski definition) is 0. The Balaban J connectivity index is 1.65. The second-order valence-electron chi connectivity index (χ2n) is 7.48. The van der Waals surface area contributed by atoms with E-state index >= 15 is 4.39 Å². The first-order valence-electron chi connectivity index (χ1n) is 10.3.